The van der Waals surface area contributed by atoms with Crippen molar-refractivity contribution in [2.24, 2.45) is 0 Å². The molecular weight excluding hydrogens is 336 g/mol. The lowest BCUT2D eigenvalue weighted by atomic mass is 10.1. The first-order valence-corrected chi connectivity index (χ1v) is 8.66. The Kier molecular flexibility index (Phi) is 5.64. The maximum Gasteiger partial charge on any atom is 0.255 e. The summed E-state index contributed by atoms with van der Waals surface area (Å²) in [6.45, 7) is 3.94. The van der Waals surface area contributed by atoms with Crippen LogP contribution in [0.15, 0.2) is 42.6 Å². The second kappa shape index (κ2) is 8.11. The quantitative estimate of drug-likeness (QED) is 0.795. The Balaban J connectivity index is 1.61. The van der Waals surface area contributed by atoms with Gasteiger partial charge >= 0.3 is 0 Å². The zero-order chi connectivity index (χ0) is 17.6. The molecule has 6 heteroatoms. The van der Waals surface area contributed by atoms with Crippen molar-refractivity contribution in [2.45, 2.75) is 13.0 Å². The summed E-state index contributed by atoms with van der Waals surface area (Å²) in [7, 11) is 0. The SMILES string of the molecule is N#Cc1cccc(CN2CCCN(C(=O)c3ccc(Cl)nc3)CC2)c1. The molecule has 2 heterocycles. The topological polar surface area (TPSA) is 60.2 Å². The van der Waals surface area contributed by atoms with Gasteiger partial charge in [-0.2, -0.15) is 5.26 Å². The van der Waals surface area contributed by atoms with Gasteiger partial charge in [0.25, 0.3) is 5.91 Å². The van der Waals surface area contributed by atoms with Crippen LogP contribution in [0.5, 0.6) is 0 Å². The first-order valence-electron chi connectivity index (χ1n) is 8.28. The van der Waals surface area contributed by atoms with Crippen LogP contribution >= 0.6 is 11.6 Å². The van der Waals surface area contributed by atoms with Gasteiger partial charge in [-0.15, -0.1) is 0 Å². The predicted molar refractivity (Wildman–Crippen MR) is 96.2 cm³/mol. The van der Waals surface area contributed by atoms with Crippen molar-refractivity contribution in [1.82, 2.24) is 14.8 Å². The van der Waals surface area contributed by atoms with E-state index in [0.717, 1.165) is 38.2 Å². The smallest absolute Gasteiger partial charge is 0.255 e. The highest BCUT2D eigenvalue weighted by atomic mass is 35.5. The lowest BCUT2D eigenvalue weighted by molar-refractivity contribution is 0.0760. The first-order chi connectivity index (χ1) is 12.2. The fourth-order valence-electron chi connectivity index (χ4n) is 3.01. The number of pyridine rings is 1. The molecule has 2 aromatic rings. The van der Waals surface area contributed by atoms with Crippen molar-refractivity contribution in [3.63, 3.8) is 0 Å². The monoisotopic (exact) mass is 354 g/mol. The zero-order valence-electron chi connectivity index (χ0n) is 13.9. The summed E-state index contributed by atoms with van der Waals surface area (Å²) in [4.78, 5) is 20.8. The molecule has 0 N–H and O–H groups in total. The molecule has 0 bridgehead atoms. The van der Waals surface area contributed by atoms with E-state index in [2.05, 4.69) is 16.0 Å². The average molecular weight is 355 g/mol. The maximum atomic E-state index is 12.6. The Labute approximate surface area is 152 Å². The molecule has 0 aliphatic carbocycles. The van der Waals surface area contributed by atoms with Gasteiger partial charge in [0.15, 0.2) is 0 Å². The highest BCUT2D eigenvalue weighted by Gasteiger charge is 2.20. The Hall–Kier alpha value is -2.42. The van der Waals surface area contributed by atoms with E-state index >= 15 is 0 Å². The molecule has 0 unspecified atom stereocenters. The number of hydrogen-bond donors (Lipinski definition) is 0. The van der Waals surface area contributed by atoms with Crippen LogP contribution in [0.3, 0.4) is 0 Å². The van der Waals surface area contributed by atoms with Gasteiger partial charge in [0.2, 0.25) is 0 Å². The number of nitriles is 1. The van der Waals surface area contributed by atoms with Crippen molar-refractivity contribution < 1.29 is 4.79 Å². The van der Waals surface area contributed by atoms with E-state index in [1.807, 2.05) is 29.2 Å². The molecular formula is C19H19ClN4O. The minimum absolute atomic E-state index is 0.00232. The van der Waals surface area contributed by atoms with Gasteiger partial charge in [-0.3, -0.25) is 9.69 Å². The number of hydrogen-bond acceptors (Lipinski definition) is 4. The van der Waals surface area contributed by atoms with Crippen LogP contribution in [0.2, 0.25) is 5.15 Å². The number of carbonyl (C=O) groups is 1. The first kappa shape index (κ1) is 17.4. The van der Waals surface area contributed by atoms with Crippen molar-refractivity contribution in [3.05, 3.63) is 64.4 Å². The molecule has 1 fully saturated rings. The second-order valence-electron chi connectivity index (χ2n) is 6.10. The lowest BCUT2D eigenvalue weighted by Gasteiger charge is -2.22. The summed E-state index contributed by atoms with van der Waals surface area (Å²) >= 11 is 5.78. The maximum absolute atomic E-state index is 12.6. The number of amides is 1. The fraction of sp³-hybridized carbons (Fsp3) is 0.316. The third kappa shape index (κ3) is 4.56. The second-order valence-corrected chi connectivity index (χ2v) is 6.49. The molecule has 0 radical (unpaired) electrons. The van der Waals surface area contributed by atoms with E-state index in [4.69, 9.17) is 16.9 Å². The van der Waals surface area contributed by atoms with Crippen LogP contribution in [0.1, 0.15) is 27.9 Å². The summed E-state index contributed by atoms with van der Waals surface area (Å²) in [5.41, 5.74) is 2.37. The Morgan fingerprint density at radius 3 is 2.84 bits per heavy atom. The highest BCUT2D eigenvalue weighted by Crippen LogP contribution is 2.13. The van der Waals surface area contributed by atoms with Crippen molar-refractivity contribution in [2.75, 3.05) is 26.2 Å². The van der Waals surface area contributed by atoms with Gasteiger partial charge in [0, 0.05) is 38.9 Å². The van der Waals surface area contributed by atoms with E-state index in [-0.39, 0.29) is 5.91 Å². The summed E-state index contributed by atoms with van der Waals surface area (Å²) < 4.78 is 0. The fourth-order valence-corrected chi connectivity index (χ4v) is 3.13. The molecule has 0 saturated carbocycles. The normalized spacial score (nSPS) is 15.4. The van der Waals surface area contributed by atoms with E-state index in [9.17, 15) is 4.79 Å². The molecule has 1 aliphatic heterocycles. The number of halogens is 1. The molecule has 3 rings (SSSR count). The molecule has 1 aromatic heterocycles. The van der Waals surface area contributed by atoms with Crippen LogP contribution in [-0.2, 0) is 6.54 Å². The van der Waals surface area contributed by atoms with Gasteiger partial charge in [0.1, 0.15) is 5.15 Å². The molecule has 1 aliphatic rings. The Bertz CT molecular complexity index is 785. The number of carbonyl (C=O) groups excluding carboxylic acids is 1. The minimum Gasteiger partial charge on any atom is -0.337 e. The predicted octanol–water partition coefficient (Wildman–Crippen LogP) is 2.95. The molecule has 0 spiro atoms. The van der Waals surface area contributed by atoms with Crippen LogP contribution in [0, 0.1) is 11.3 Å². The number of benzene rings is 1. The van der Waals surface area contributed by atoms with Gasteiger partial charge in [-0.1, -0.05) is 23.7 Å². The molecule has 128 valence electrons. The van der Waals surface area contributed by atoms with Crippen molar-refractivity contribution in [1.29, 1.82) is 5.26 Å². The highest BCUT2D eigenvalue weighted by molar-refractivity contribution is 6.29. The standard InChI is InChI=1S/C19H19ClN4O/c20-18-6-5-17(13-22-18)19(25)24-8-2-7-23(9-10-24)14-16-4-1-3-15(11-16)12-21/h1,3-6,11,13H,2,7-10,14H2. The van der Waals surface area contributed by atoms with E-state index < -0.39 is 0 Å². The average Bonchev–Trinajstić information content (AvgIpc) is 2.87. The molecule has 1 amide bonds. The van der Waals surface area contributed by atoms with E-state index in [1.165, 1.54) is 6.20 Å². The number of rotatable bonds is 3. The molecule has 1 aromatic carbocycles. The Morgan fingerprint density at radius 2 is 2.08 bits per heavy atom. The molecule has 25 heavy (non-hydrogen) atoms. The van der Waals surface area contributed by atoms with Gasteiger partial charge < -0.3 is 4.90 Å². The molecule has 1 saturated heterocycles. The summed E-state index contributed by atoms with van der Waals surface area (Å²) in [5.74, 6) is -0.00232. The van der Waals surface area contributed by atoms with Crippen molar-refractivity contribution >= 4 is 17.5 Å². The third-order valence-electron chi connectivity index (χ3n) is 4.31. The van der Waals surface area contributed by atoms with Crippen molar-refractivity contribution in [3.8, 4) is 6.07 Å². The summed E-state index contributed by atoms with van der Waals surface area (Å²) in [6, 6.07) is 13.2. The zero-order valence-corrected chi connectivity index (χ0v) is 14.6. The Morgan fingerprint density at radius 1 is 1.20 bits per heavy atom. The largest absolute Gasteiger partial charge is 0.337 e. The lowest BCUT2D eigenvalue weighted by Crippen LogP contribution is -2.35. The van der Waals surface area contributed by atoms with Gasteiger partial charge in [0.05, 0.1) is 17.2 Å². The van der Waals surface area contributed by atoms with Crippen LogP contribution in [0.25, 0.3) is 0 Å². The van der Waals surface area contributed by atoms with Gasteiger partial charge in [-0.05, 0) is 36.2 Å². The van der Waals surface area contributed by atoms with Crippen LogP contribution < -0.4 is 0 Å². The van der Waals surface area contributed by atoms with E-state index in [0.29, 0.717) is 22.8 Å². The molecule has 5 nitrogen and oxygen atoms in total. The third-order valence-corrected chi connectivity index (χ3v) is 4.54. The minimum atomic E-state index is -0.00232. The number of aromatic nitrogens is 1. The summed E-state index contributed by atoms with van der Waals surface area (Å²) in [6.07, 6.45) is 2.45. The van der Waals surface area contributed by atoms with E-state index in [1.54, 1.807) is 12.1 Å². The van der Waals surface area contributed by atoms with Crippen LogP contribution in [0.4, 0.5) is 0 Å². The van der Waals surface area contributed by atoms with Gasteiger partial charge in [-0.25, -0.2) is 4.98 Å². The molecule has 0 atom stereocenters. The summed E-state index contributed by atoms with van der Waals surface area (Å²) in [5, 5.41) is 9.40. The van der Waals surface area contributed by atoms with Crippen LogP contribution in [-0.4, -0.2) is 46.9 Å². The number of nitrogens with zero attached hydrogens (tertiary/aromatic N) is 4.